The highest BCUT2D eigenvalue weighted by Crippen LogP contribution is 2.13. The molecular weight excluding hydrogens is 174 g/mol. The molecule has 3 nitrogen and oxygen atoms in total. The zero-order valence-corrected chi connectivity index (χ0v) is 8.11. The first-order chi connectivity index (χ1) is 5.15. The quantitative estimate of drug-likeness (QED) is 0.694. The summed E-state index contributed by atoms with van der Waals surface area (Å²) >= 11 is 0. The maximum atomic E-state index is 5.53. The number of aromatic nitrogens is 1. The highest BCUT2D eigenvalue weighted by Gasteiger charge is 2.01. The average Bonchev–Trinajstić information content (AvgIpc) is 1.85. The summed E-state index contributed by atoms with van der Waals surface area (Å²) in [5.41, 5.74) is 14.2. The van der Waals surface area contributed by atoms with Crippen LogP contribution in [0.1, 0.15) is 16.8 Å². The summed E-state index contributed by atoms with van der Waals surface area (Å²) in [5.74, 6) is 0.567. The number of pyridine rings is 1. The van der Waals surface area contributed by atoms with Crippen LogP contribution in [-0.2, 0) is 6.54 Å². The molecule has 0 aliphatic heterocycles. The molecule has 68 valence electrons. The molecule has 0 saturated heterocycles. The molecule has 0 aromatic carbocycles. The molecule has 4 N–H and O–H groups in total. The molecule has 1 rings (SSSR count). The van der Waals surface area contributed by atoms with Crippen molar-refractivity contribution in [3.05, 3.63) is 22.9 Å². The van der Waals surface area contributed by atoms with Gasteiger partial charge in [-0.2, -0.15) is 0 Å². The molecule has 12 heavy (non-hydrogen) atoms. The van der Waals surface area contributed by atoms with Gasteiger partial charge < -0.3 is 11.5 Å². The largest absolute Gasteiger partial charge is 0.384 e. The van der Waals surface area contributed by atoms with E-state index in [9.17, 15) is 0 Å². The Balaban J connectivity index is 0.00000121. The van der Waals surface area contributed by atoms with Crippen LogP contribution < -0.4 is 11.5 Å². The zero-order chi connectivity index (χ0) is 8.43. The minimum atomic E-state index is 0. The number of nitrogens with two attached hydrogens (primary N) is 2. The Bertz CT molecular complexity index is 250. The minimum absolute atomic E-state index is 0. The molecular formula is C8H14ClN3. The molecule has 4 heteroatoms. The summed E-state index contributed by atoms with van der Waals surface area (Å²) in [6.07, 6.45) is 0. The van der Waals surface area contributed by atoms with Gasteiger partial charge in [-0.1, -0.05) is 0 Å². The Hall–Kier alpha value is -0.800. The van der Waals surface area contributed by atoms with Crippen LogP contribution >= 0.6 is 12.4 Å². The summed E-state index contributed by atoms with van der Waals surface area (Å²) in [4.78, 5) is 4.10. The first-order valence-electron chi connectivity index (χ1n) is 3.58. The van der Waals surface area contributed by atoms with Crippen molar-refractivity contribution < 1.29 is 0 Å². The molecule has 0 saturated carbocycles. The lowest BCUT2D eigenvalue weighted by Crippen LogP contribution is -2.05. The van der Waals surface area contributed by atoms with E-state index in [2.05, 4.69) is 4.98 Å². The van der Waals surface area contributed by atoms with Crippen LogP contribution in [0.3, 0.4) is 0 Å². The highest BCUT2D eigenvalue weighted by atomic mass is 35.5. The number of aryl methyl sites for hydroxylation is 2. The lowest BCUT2D eigenvalue weighted by molar-refractivity contribution is 0.990. The third-order valence-corrected chi connectivity index (χ3v) is 1.78. The van der Waals surface area contributed by atoms with Crippen LogP contribution in [0.2, 0.25) is 0 Å². The zero-order valence-electron chi connectivity index (χ0n) is 7.29. The molecule has 0 amide bonds. The molecule has 0 bridgehead atoms. The van der Waals surface area contributed by atoms with Crippen molar-refractivity contribution in [1.29, 1.82) is 0 Å². The van der Waals surface area contributed by atoms with Gasteiger partial charge in [-0.05, 0) is 31.0 Å². The Morgan fingerprint density at radius 3 is 2.42 bits per heavy atom. The average molecular weight is 188 g/mol. The van der Waals surface area contributed by atoms with Crippen molar-refractivity contribution in [1.82, 2.24) is 4.98 Å². The molecule has 1 aromatic heterocycles. The summed E-state index contributed by atoms with van der Waals surface area (Å²) in [6.45, 7) is 4.45. The van der Waals surface area contributed by atoms with Crippen molar-refractivity contribution in [3.8, 4) is 0 Å². The molecule has 0 aliphatic carbocycles. The van der Waals surface area contributed by atoms with Gasteiger partial charge in [0.1, 0.15) is 5.82 Å². The van der Waals surface area contributed by atoms with Crippen LogP contribution in [0.15, 0.2) is 6.07 Å². The van der Waals surface area contributed by atoms with E-state index in [1.807, 2.05) is 19.9 Å². The molecule has 0 aliphatic rings. The number of anilines is 1. The van der Waals surface area contributed by atoms with Gasteiger partial charge in [-0.3, -0.25) is 0 Å². The van der Waals surface area contributed by atoms with Crippen LogP contribution in [0.4, 0.5) is 5.82 Å². The second-order valence-electron chi connectivity index (χ2n) is 2.63. The van der Waals surface area contributed by atoms with Crippen molar-refractivity contribution in [2.45, 2.75) is 20.4 Å². The van der Waals surface area contributed by atoms with E-state index >= 15 is 0 Å². The number of hydrogen-bond acceptors (Lipinski definition) is 3. The number of nitrogen functional groups attached to an aromatic ring is 1. The highest BCUT2D eigenvalue weighted by molar-refractivity contribution is 5.85. The fourth-order valence-corrected chi connectivity index (χ4v) is 1.20. The van der Waals surface area contributed by atoms with Gasteiger partial charge in [0.15, 0.2) is 0 Å². The van der Waals surface area contributed by atoms with Gasteiger partial charge in [-0.25, -0.2) is 4.98 Å². The third-order valence-electron chi connectivity index (χ3n) is 1.78. The van der Waals surface area contributed by atoms with Gasteiger partial charge in [0.05, 0.1) is 0 Å². The van der Waals surface area contributed by atoms with Crippen molar-refractivity contribution >= 4 is 18.2 Å². The fraction of sp³-hybridized carbons (Fsp3) is 0.375. The number of rotatable bonds is 1. The van der Waals surface area contributed by atoms with Crippen molar-refractivity contribution in [3.63, 3.8) is 0 Å². The first-order valence-corrected chi connectivity index (χ1v) is 3.58. The van der Waals surface area contributed by atoms with E-state index in [4.69, 9.17) is 11.5 Å². The van der Waals surface area contributed by atoms with Crippen LogP contribution in [-0.4, -0.2) is 4.98 Å². The van der Waals surface area contributed by atoms with E-state index in [1.165, 1.54) is 0 Å². The molecule has 0 unspecified atom stereocenters. The summed E-state index contributed by atoms with van der Waals surface area (Å²) in [6, 6.07) is 1.84. The molecule has 0 fully saturated rings. The Labute approximate surface area is 78.6 Å². The summed E-state index contributed by atoms with van der Waals surface area (Å²) < 4.78 is 0. The standard InChI is InChI=1S/C8H13N3.ClH/c1-5-3-8(10)11-6(2)7(5)4-9;/h3H,4,9H2,1-2H3,(H2,10,11);1H. The van der Waals surface area contributed by atoms with Crippen molar-refractivity contribution in [2.75, 3.05) is 5.73 Å². The van der Waals surface area contributed by atoms with Crippen LogP contribution in [0.25, 0.3) is 0 Å². The smallest absolute Gasteiger partial charge is 0.123 e. The van der Waals surface area contributed by atoms with Gasteiger partial charge in [-0.15, -0.1) is 12.4 Å². The molecule has 0 radical (unpaired) electrons. The molecule has 1 aromatic rings. The van der Waals surface area contributed by atoms with E-state index in [0.29, 0.717) is 12.4 Å². The lowest BCUT2D eigenvalue weighted by Gasteiger charge is -2.06. The van der Waals surface area contributed by atoms with Gasteiger partial charge in [0.2, 0.25) is 0 Å². The van der Waals surface area contributed by atoms with Crippen molar-refractivity contribution in [2.24, 2.45) is 5.73 Å². The monoisotopic (exact) mass is 187 g/mol. The van der Waals surface area contributed by atoms with E-state index < -0.39 is 0 Å². The number of halogens is 1. The normalized spacial score (nSPS) is 9.25. The van der Waals surface area contributed by atoms with Crippen LogP contribution in [0, 0.1) is 13.8 Å². The topological polar surface area (TPSA) is 64.9 Å². The predicted octanol–water partition coefficient (Wildman–Crippen LogP) is 1.16. The Kier molecular flexibility index (Phi) is 4.00. The Morgan fingerprint density at radius 2 is 2.00 bits per heavy atom. The second kappa shape index (κ2) is 4.28. The van der Waals surface area contributed by atoms with E-state index in [1.54, 1.807) is 0 Å². The molecule has 1 heterocycles. The predicted molar refractivity (Wildman–Crippen MR) is 53.3 cm³/mol. The Morgan fingerprint density at radius 1 is 1.42 bits per heavy atom. The van der Waals surface area contributed by atoms with E-state index in [-0.39, 0.29) is 12.4 Å². The first kappa shape index (κ1) is 11.2. The maximum Gasteiger partial charge on any atom is 0.123 e. The van der Waals surface area contributed by atoms with Gasteiger partial charge in [0, 0.05) is 12.2 Å². The maximum absolute atomic E-state index is 5.53. The van der Waals surface area contributed by atoms with E-state index in [0.717, 1.165) is 16.8 Å². The summed E-state index contributed by atoms with van der Waals surface area (Å²) in [7, 11) is 0. The molecule has 0 spiro atoms. The van der Waals surface area contributed by atoms with Crippen LogP contribution in [0.5, 0.6) is 0 Å². The minimum Gasteiger partial charge on any atom is -0.384 e. The third kappa shape index (κ3) is 2.09. The number of hydrogen-bond donors (Lipinski definition) is 2. The van der Waals surface area contributed by atoms with Gasteiger partial charge in [0.25, 0.3) is 0 Å². The SMILES string of the molecule is Cc1cc(N)nc(C)c1CN.Cl. The van der Waals surface area contributed by atoms with Gasteiger partial charge >= 0.3 is 0 Å². The second-order valence-corrected chi connectivity index (χ2v) is 2.63. The fourth-order valence-electron chi connectivity index (χ4n) is 1.20. The summed E-state index contributed by atoms with van der Waals surface area (Å²) in [5, 5.41) is 0. The molecule has 0 atom stereocenters. The number of nitrogens with zero attached hydrogens (tertiary/aromatic N) is 1. The lowest BCUT2D eigenvalue weighted by atomic mass is 10.1.